The molecule has 0 radical (unpaired) electrons. The number of thiazole rings is 1. The number of hydrogen-bond acceptors (Lipinski definition) is 3. The quantitative estimate of drug-likeness (QED) is 0.671. The zero-order valence-electron chi connectivity index (χ0n) is 10.1. The Hall–Kier alpha value is -1.59. The van der Waals surface area contributed by atoms with Gasteiger partial charge in [0.25, 0.3) is 0 Å². The Morgan fingerprint density at radius 3 is 3.05 bits per heavy atom. The Morgan fingerprint density at radius 1 is 1.47 bits per heavy atom. The molecule has 3 aromatic rings. The fraction of sp³-hybridized carbons (Fsp3) is 0.154. The lowest BCUT2D eigenvalue weighted by Gasteiger charge is -2.05. The average molecular weight is 297 g/mol. The van der Waals surface area contributed by atoms with Crippen LogP contribution in [0.15, 0.2) is 29.8 Å². The minimum absolute atomic E-state index is 0.279. The molecule has 0 aliphatic rings. The minimum atomic E-state index is -0.300. The predicted molar refractivity (Wildman–Crippen MR) is 73.8 cm³/mol. The molecule has 19 heavy (non-hydrogen) atoms. The lowest BCUT2D eigenvalue weighted by atomic mass is 10.2. The summed E-state index contributed by atoms with van der Waals surface area (Å²) in [6.07, 6.45) is 1.88. The first-order chi connectivity index (χ1) is 9.19. The van der Waals surface area contributed by atoms with Gasteiger partial charge in [-0.1, -0.05) is 6.07 Å². The molecule has 0 amide bonds. The van der Waals surface area contributed by atoms with Crippen LogP contribution in [0, 0.1) is 12.7 Å². The van der Waals surface area contributed by atoms with Crippen molar-refractivity contribution in [2.45, 2.75) is 12.8 Å². The van der Waals surface area contributed by atoms with E-state index in [-0.39, 0.29) is 11.7 Å². The summed E-state index contributed by atoms with van der Waals surface area (Å²) in [5.41, 5.74) is 1.34. The van der Waals surface area contributed by atoms with Crippen LogP contribution < -0.4 is 4.74 Å². The van der Waals surface area contributed by atoms with E-state index in [1.165, 1.54) is 17.4 Å². The summed E-state index contributed by atoms with van der Waals surface area (Å²) in [5, 5.41) is 1.92. The normalized spacial score (nSPS) is 11.1. The van der Waals surface area contributed by atoms with Crippen molar-refractivity contribution in [2.24, 2.45) is 0 Å². The summed E-state index contributed by atoms with van der Waals surface area (Å²) in [7, 11) is 0. The molecule has 0 unspecified atom stereocenters. The van der Waals surface area contributed by atoms with E-state index in [1.807, 2.05) is 16.0 Å². The first-order valence-corrected chi connectivity index (χ1v) is 7.05. The van der Waals surface area contributed by atoms with Gasteiger partial charge >= 0.3 is 0 Å². The topological polar surface area (TPSA) is 26.5 Å². The number of alkyl halides is 1. The van der Waals surface area contributed by atoms with Gasteiger partial charge in [0.15, 0.2) is 4.96 Å². The Labute approximate surface area is 118 Å². The van der Waals surface area contributed by atoms with Gasteiger partial charge in [0.2, 0.25) is 5.88 Å². The van der Waals surface area contributed by atoms with Gasteiger partial charge in [-0.05, 0) is 18.6 Å². The number of imidazole rings is 1. The van der Waals surface area contributed by atoms with Crippen LogP contribution in [0.25, 0.3) is 4.96 Å². The molecule has 0 spiro atoms. The molecule has 0 aliphatic carbocycles. The van der Waals surface area contributed by atoms with E-state index in [1.54, 1.807) is 19.1 Å². The number of nitrogens with zero attached hydrogens (tertiary/aromatic N) is 2. The van der Waals surface area contributed by atoms with Crippen molar-refractivity contribution in [3.63, 3.8) is 0 Å². The van der Waals surface area contributed by atoms with E-state index in [2.05, 4.69) is 4.98 Å². The Bertz CT molecular complexity index is 737. The van der Waals surface area contributed by atoms with E-state index >= 15 is 0 Å². The Balaban J connectivity index is 2.00. The van der Waals surface area contributed by atoms with E-state index in [0.29, 0.717) is 17.2 Å². The van der Waals surface area contributed by atoms with Crippen LogP contribution in [0.1, 0.15) is 11.3 Å². The van der Waals surface area contributed by atoms with Gasteiger partial charge in [-0.25, -0.2) is 4.39 Å². The number of aromatic nitrogens is 2. The summed E-state index contributed by atoms with van der Waals surface area (Å²) in [6, 6.07) is 4.73. The molecule has 0 atom stereocenters. The predicted octanol–water partition coefficient (Wildman–Crippen LogP) is 4.37. The lowest BCUT2D eigenvalue weighted by Crippen LogP contribution is -1.92. The lowest BCUT2D eigenvalue weighted by molar-refractivity contribution is 0.456. The van der Waals surface area contributed by atoms with Gasteiger partial charge < -0.3 is 4.74 Å². The van der Waals surface area contributed by atoms with E-state index < -0.39 is 0 Å². The van der Waals surface area contributed by atoms with Crippen LogP contribution in [0.5, 0.6) is 11.6 Å². The molecule has 0 bridgehead atoms. The monoisotopic (exact) mass is 296 g/mol. The molecular weight excluding hydrogens is 287 g/mol. The second-order valence-electron chi connectivity index (χ2n) is 4.07. The summed E-state index contributed by atoms with van der Waals surface area (Å²) >= 11 is 7.41. The highest BCUT2D eigenvalue weighted by atomic mass is 35.5. The van der Waals surface area contributed by atoms with Crippen molar-refractivity contribution in [3.05, 3.63) is 46.9 Å². The SMILES string of the molecule is Cc1ccc(Oc2nc3sccn3c2CCl)cc1F. The molecule has 3 rings (SSSR count). The highest BCUT2D eigenvalue weighted by Gasteiger charge is 2.14. The second-order valence-corrected chi connectivity index (χ2v) is 5.21. The molecule has 0 fully saturated rings. The smallest absolute Gasteiger partial charge is 0.243 e. The number of ether oxygens (including phenoxy) is 1. The second kappa shape index (κ2) is 4.83. The van der Waals surface area contributed by atoms with E-state index in [9.17, 15) is 4.39 Å². The van der Waals surface area contributed by atoms with Crippen LogP contribution in [0.2, 0.25) is 0 Å². The van der Waals surface area contributed by atoms with E-state index in [4.69, 9.17) is 16.3 Å². The number of halogens is 2. The summed E-state index contributed by atoms with van der Waals surface area (Å²) in [6.45, 7) is 1.70. The van der Waals surface area contributed by atoms with Crippen molar-refractivity contribution in [1.29, 1.82) is 0 Å². The average Bonchev–Trinajstić information content (AvgIpc) is 2.94. The maximum Gasteiger partial charge on any atom is 0.243 e. The maximum atomic E-state index is 13.5. The summed E-state index contributed by atoms with van der Waals surface area (Å²) in [4.78, 5) is 5.15. The van der Waals surface area contributed by atoms with Crippen molar-refractivity contribution < 1.29 is 9.13 Å². The van der Waals surface area contributed by atoms with Gasteiger partial charge in [-0.15, -0.1) is 22.9 Å². The standard InChI is InChI=1S/C13H10ClFN2OS/c1-8-2-3-9(6-10(8)15)18-12-11(7-14)17-4-5-19-13(17)16-12/h2-6H,7H2,1H3. The highest BCUT2D eigenvalue weighted by Crippen LogP contribution is 2.29. The van der Waals surface area contributed by atoms with Crippen molar-refractivity contribution in [3.8, 4) is 11.6 Å². The zero-order valence-corrected chi connectivity index (χ0v) is 11.6. The molecule has 0 saturated heterocycles. The molecule has 98 valence electrons. The first kappa shape index (κ1) is 12.4. The van der Waals surface area contributed by atoms with Gasteiger partial charge in [-0.2, -0.15) is 4.98 Å². The molecule has 2 heterocycles. The number of rotatable bonds is 3. The van der Waals surface area contributed by atoms with Gasteiger partial charge in [-0.3, -0.25) is 4.40 Å². The number of fused-ring (bicyclic) bond motifs is 1. The highest BCUT2D eigenvalue weighted by molar-refractivity contribution is 7.15. The van der Waals surface area contributed by atoms with Crippen LogP contribution >= 0.6 is 22.9 Å². The molecule has 1 aromatic carbocycles. The van der Waals surface area contributed by atoms with Crippen molar-refractivity contribution in [1.82, 2.24) is 9.38 Å². The maximum absolute atomic E-state index is 13.5. The molecule has 0 N–H and O–H groups in total. The van der Waals surface area contributed by atoms with Crippen LogP contribution in [-0.4, -0.2) is 9.38 Å². The Morgan fingerprint density at radius 2 is 2.32 bits per heavy atom. The molecule has 0 aliphatic heterocycles. The van der Waals surface area contributed by atoms with Crippen LogP contribution in [-0.2, 0) is 5.88 Å². The third-order valence-corrected chi connectivity index (χ3v) is 3.82. The van der Waals surface area contributed by atoms with Gasteiger partial charge in [0.1, 0.15) is 17.3 Å². The van der Waals surface area contributed by atoms with E-state index in [0.717, 1.165) is 10.7 Å². The van der Waals surface area contributed by atoms with Gasteiger partial charge in [0, 0.05) is 17.6 Å². The fourth-order valence-electron chi connectivity index (χ4n) is 1.76. The minimum Gasteiger partial charge on any atom is -0.437 e. The summed E-state index contributed by atoms with van der Waals surface area (Å²) < 4.78 is 21.0. The third kappa shape index (κ3) is 2.19. The number of benzene rings is 1. The van der Waals surface area contributed by atoms with Crippen LogP contribution in [0.4, 0.5) is 4.39 Å². The van der Waals surface area contributed by atoms with Gasteiger partial charge in [0.05, 0.1) is 5.88 Å². The molecule has 6 heteroatoms. The molecule has 0 saturated carbocycles. The number of hydrogen-bond donors (Lipinski definition) is 0. The summed E-state index contributed by atoms with van der Waals surface area (Å²) in [5.74, 6) is 0.818. The molecular formula is C13H10ClFN2OS. The van der Waals surface area contributed by atoms with Crippen LogP contribution in [0.3, 0.4) is 0 Å². The molecule has 3 nitrogen and oxygen atoms in total. The zero-order chi connectivity index (χ0) is 13.4. The molecule has 2 aromatic heterocycles. The number of aryl methyl sites for hydroxylation is 1. The third-order valence-electron chi connectivity index (χ3n) is 2.81. The largest absolute Gasteiger partial charge is 0.437 e. The fourth-order valence-corrected chi connectivity index (χ4v) is 2.73. The Kier molecular flexibility index (Phi) is 3.16. The first-order valence-electron chi connectivity index (χ1n) is 5.63. The van der Waals surface area contributed by atoms with Crippen molar-refractivity contribution in [2.75, 3.05) is 0 Å². The van der Waals surface area contributed by atoms with Crippen molar-refractivity contribution >= 4 is 27.9 Å².